The molecule has 3 aromatic rings. The number of H-pyrrole nitrogens is 1. The highest BCUT2D eigenvalue weighted by atomic mass is 16.5. The largest absolute Gasteiger partial charge is 0.378 e. The predicted molar refractivity (Wildman–Crippen MR) is 105 cm³/mol. The number of anilines is 2. The number of hydrogen-bond donors (Lipinski definition) is 1. The molecular formula is C20H23N5O. The van der Waals surface area contributed by atoms with Crippen LogP contribution in [0.5, 0.6) is 0 Å². The Morgan fingerprint density at radius 1 is 0.962 bits per heavy atom. The smallest absolute Gasteiger partial charge is 0.159 e. The van der Waals surface area contributed by atoms with Crippen LogP contribution in [0.25, 0.3) is 21.8 Å². The van der Waals surface area contributed by atoms with Gasteiger partial charge >= 0.3 is 0 Å². The van der Waals surface area contributed by atoms with Crippen LogP contribution in [0.2, 0.25) is 0 Å². The molecule has 134 valence electrons. The SMILES string of the molecule is C1=CCCN(c2ccc3ncc4[nH]nc(N5CCOCC5)c4c3c2)CC1. The summed E-state index contributed by atoms with van der Waals surface area (Å²) in [6, 6.07) is 6.62. The highest BCUT2D eigenvalue weighted by Gasteiger charge is 2.19. The fourth-order valence-corrected chi connectivity index (χ4v) is 3.94. The molecule has 0 unspecified atom stereocenters. The first kappa shape index (κ1) is 15.6. The number of rotatable bonds is 2. The first-order chi connectivity index (χ1) is 12.9. The van der Waals surface area contributed by atoms with Gasteiger partial charge in [0, 0.05) is 37.3 Å². The number of fused-ring (bicyclic) bond motifs is 3. The summed E-state index contributed by atoms with van der Waals surface area (Å²) in [6.07, 6.45) is 8.67. The summed E-state index contributed by atoms with van der Waals surface area (Å²) in [5.41, 5.74) is 3.28. The number of ether oxygens (including phenoxy) is 1. The maximum Gasteiger partial charge on any atom is 0.159 e. The standard InChI is InChI=1S/C20H23N5O/c1-2-4-8-24(7-3-1)15-5-6-17-16(13-15)19-18(14-21-17)22-23-20(19)25-9-11-26-12-10-25/h1-2,5-6,13-14H,3-4,7-12H2,(H,22,23). The van der Waals surface area contributed by atoms with E-state index < -0.39 is 0 Å². The molecule has 0 bridgehead atoms. The Kier molecular flexibility index (Phi) is 3.97. The Bertz CT molecular complexity index is 947. The van der Waals surface area contributed by atoms with Crippen molar-refractivity contribution in [1.82, 2.24) is 15.2 Å². The maximum atomic E-state index is 5.50. The number of pyridine rings is 1. The molecule has 5 rings (SSSR count). The molecule has 2 aliphatic heterocycles. The van der Waals surface area contributed by atoms with Crippen LogP contribution < -0.4 is 9.80 Å². The molecule has 1 N–H and O–H groups in total. The van der Waals surface area contributed by atoms with E-state index >= 15 is 0 Å². The first-order valence-electron chi connectivity index (χ1n) is 9.40. The van der Waals surface area contributed by atoms with Gasteiger partial charge in [0.25, 0.3) is 0 Å². The van der Waals surface area contributed by atoms with Gasteiger partial charge in [0.15, 0.2) is 5.82 Å². The fourth-order valence-electron chi connectivity index (χ4n) is 3.94. The van der Waals surface area contributed by atoms with E-state index in [4.69, 9.17) is 4.74 Å². The van der Waals surface area contributed by atoms with Crippen LogP contribution in [0.4, 0.5) is 11.5 Å². The molecule has 0 aliphatic carbocycles. The van der Waals surface area contributed by atoms with Gasteiger partial charge in [0.2, 0.25) is 0 Å². The van der Waals surface area contributed by atoms with Crippen molar-refractivity contribution < 1.29 is 4.74 Å². The highest BCUT2D eigenvalue weighted by Crippen LogP contribution is 2.33. The monoisotopic (exact) mass is 349 g/mol. The molecule has 26 heavy (non-hydrogen) atoms. The van der Waals surface area contributed by atoms with E-state index in [0.29, 0.717) is 0 Å². The molecule has 0 atom stereocenters. The summed E-state index contributed by atoms with van der Waals surface area (Å²) in [7, 11) is 0. The molecule has 4 heterocycles. The summed E-state index contributed by atoms with van der Waals surface area (Å²) in [5.74, 6) is 1.02. The van der Waals surface area contributed by atoms with Crippen molar-refractivity contribution in [3.8, 4) is 0 Å². The molecule has 2 aromatic heterocycles. The van der Waals surface area contributed by atoms with Gasteiger partial charge in [-0.15, -0.1) is 0 Å². The number of aromatic nitrogens is 3. The Morgan fingerprint density at radius 2 is 1.77 bits per heavy atom. The summed E-state index contributed by atoms with van der Waals surface area (Å²) < 4.78 is 5.50. The van der Waals surface area contributed by atoms with Crippen molar-refractivity contribution in [3.63, 3.8) is 0 Å². The number of aromatic amines is 1. The molecule has 1 fully saturated rings. The summed E-state index contributed by atoms with van der Waals surface area (Å²) in [5, 5.41) is 10.1. The Balaban J connectivity index is 1.63. The molecule has 6 nitrogen and oxygen atoms in total. The second kappa shape index (κ2) is 6.61. The molecule has 0 amide bonds. The van der Waals surface area contributed by atoms with E-state index in [0.717, 1.165) is 69.1 Å². The number of benzene rings is 1. The normalized spacial score (nSPS) is 18.6. The van der Waals surface area contributed by atoms with Crippen LogP contribution in [0, 0.1) is 0 Å². The first-order valence-corrected chi connectivity index (χ1v) is 9.40. The number of nitrogens with zero attached hydrogens (tertiary/aromatic N) is 4. The third-order valence-electron chi connectivity index (χ3n) is 5.33. The number of morpholine rings is 1. The van der Waals surface area contributed by atoms with Crippen LogP contribution in [0.15, 0.2) is 36.5 Å². The van der Waals surface area contributed by atoms with Gasteiger partial charge < -0.3 is 14.5 Å². The summed E-state index contributed by atoms with van der Waals surface area (Å²) in [4.78, 5) is 9.40. The third kappa shape index (κ3) is 2.70. The lowest BCUT2D eigenvalue weighted by atomic mass is 10.1. The van der Waals surface area contributed by atoms with Crippen molar-refractivity contribution in [2.75, 3.05) is 49.2 Å². The minimum Gasteiger partial charge on any atom is -0.378 e. The van der Waals surface area contributed by atoms with Crippen molar-refractivity contribution in [2.24, 2.45) is 0 Å². The molecule has 1 saturated heterocycles. The number of nitrogens with one attached hydrogen (secondary N) is 1. The van der Waals surface area contributed by atoms with Crippen LogP contribution >= 0.6 is 0 Å². The average molecular weight is 349 g/mol. The summed E-state index contributed by atoms with van der Waals surface area (Å²) >= 11 is 0. The molecule has 1 aromatic carbocycles. The second-order valence-electron chi connectivity index (χ2n) is 6.93. The number of hydrogen-bond acceptors (Lipinski definition) is 5. The lowest BCUT2D eigenvalue weighted by Crippen LogP contribution is -2.36. The molecule has 0 radical (unpaired) electrons. The topological polar surface area (TPSA) is 57.3 Å². The van der Waals surface area contributed by atoms with E-state index in [1.54, 1.807) is 0 Å². The fraction of sp³-hybridized carbons (Fsp3) is 0.400. The van der Waals surface area contributed by atoms with E-state index in [-0.39, 0.29) is 0 Å². The lowest BCUT2D eigenvalue weighted by Gasteiger charge is -2.27. The van der Waals surface area contributed by atoms with Gasteiger partial charge in [0.05, 0.1) is 35.8 Å². The highest BCUT2D eigenvalue weighted by molar-refractivity contribution is 6.11. The van der Waals surface area contributed by atoms with Crippen LogP contribution in [-0.4, -0.2) is 54.6 Å². The second-order valence-corrected chi connectivity index (χ2v) is 6.93. The average Bonchev–Trinajstić information content (AvgIpc) is 2.95. The molecule has 2 aliphatic rings. The van der Waals surface area contributed by atoms with Crippen LogP contribution in [0.3, 0.4) is 0 Å². The van der Waals surface area contributed by atoms with Gasteiger partial charge in [0.1, 0.15) is 0 Å². The van der Waals surface area contributed by atoms with Gasteiger partial charge in [-0.05, 0) is 31.0 Å². The maximum absolute atomic E-state index is 5.50. The van der Waals surface area contributed by atoms with E-state index in [1.807, 2.05) is 6.20 Å². The minimum absolute atomic E-state index is 0.753. The Hall–Kier alpha value is -2.60. The minimum atomic E-state index is 0.753. The molecule has 6 heteroatoms. The molecule has 0 saturated carbocycles. The quantitative estimate of drug-likeness (QED) is 0.721. The Morgan fingerprint density at radius 3 is 2.58 bits per heavy atom. The van der Waals surface area contributed by atoms with Crippen molar-refractivity contribution in [1.29, 1.82) is 0 Å². The molecular weight excluding hydrogens is 326 g/mol. The predicted octanol–water partition coefficient (Wildman–Crippen LogP) is 3.10. The van der Waals surface area contributed by atoms with Gasteiger partial charge in [-0.2, -0.15) is 5.10 Å². The van der Waals surface area contributed by atoms with E-state index in [1.165, 1.54) is 16.5 Å². The Labute approximate surface area is 152 Å². The summed E-state index contributed by atoms with van der Waals surface area (Å²) in [6.45, 7) is 5.38. The van der Waals surface area contributed by atoms with Crippen molar-refractivity contribution >= 4 is 33.3 Å². The van der Waals surface area contributed by atoms with Crippen molar-refractivity contribution in [2.45, 2.75) is 12.8 Å². The van der Waals surface area contributed by atoms with Crippen LogP contribution in [-0.2, 0) is 4.74 Å². The van der Waals surface area contributed by atoms with Gasteiger partial charge in [-0.25, -0.2) is 0 Å². The zero-order valence-corrected chi connectivity index (χ0v) is 14.8. The van der Waals surface area contributed by atoms with Gasteiger partial charge in [-0.3, -0.25) is 10.1 Å². The third-order valence-corrected chi connectivity index (χ3v) is 5.33. The molecule has 0 spiro atoms. The zero-order chi connectivity index (χ0) is 17.3. The van der Waals surface area contributed by atoms with E-state index in [9.17, 15) is 0 Å². The zero-order valence-electron chi connectivity index (χ0n) is 14.8. The van der Waals surface area contributed by atoms with Crippen molar-refractivity contribution in [3.05, 3.63) is 36.5 Å². The van der Waals surface area contributed by atoms with Gasteiger partial charge in [-0.1, -0.05) is 12.2 Å². The van der Waals surface area contributed by atoms with Crippen LogP contribution in [0.1, 0.15) is 12.8 Å². The van der Waals surface area contributed by atoms with E-state index in [2.05, 4.69) is 55.3 Å². The lowest BCUT2D eigenvalue weighted by molar-refractivity contribution is 0.122.